The normalized spacial score (nSPS) is 27.5. The number of alkyl carbamates (subject to hydrolysis) is 1. The molecule has 4 unspecified atom stereocenters. The number of nitrogens with one attached hydrogen (secondary N) is 4. The van der Waals surface area contributed by atoms with Gasteiger partial charge in [0.2, 0.25) is 5.96 Å². The number of aliphatic imine (C=N–C) groups is 2. The third-order valence-corrected chi connectivity index (χ3v) is 4.73. The number of carbonyl (C=O) groups excluding carboxylic acids is 3. The molecule has 11 heteroatoms. The number of guanidine groups is 1. The second kappa shape index (κ2) is 9.49. The molecule has 28 heavy (non-hydrogen) atoms. The van der Waals surface area contributed by atoms with Gasteiger partial charge in [-0.25, -0.2) is 19.6 Å². The van der Waals surface area contributed by atoms with Gasteiger partial charge in [-0.15, -0.1) is 0 Å². The van der Waals surface area contributed by atoms with Gasteiger partial charge in [0.05, 0.1) is 24.5 Å². The number of amides is 3. The lowest BCUT2D eigenvalue weighted by Gasteiger charge is -2.16. The Kier molecular flexibility index (Phi) is 6.80. The van der Waals surface area contributed by atoms with Crippen LogP contribution < -0.4 is 21.3 Å². The number of nitrogens with zero attached hydrogens (tertiary/aromatic N) is 2. The van der Waals surface area contributed by atoms with E-state index in [1.165, 1.54) is 6.34 Å². The SMILES string of the molecule is CC1N=CNC(NC(=O)NCCCCNC(=O)OC(=O)C2CCC3OC3C2)=N1. The van der Waals surface area contributed by atoms with Crippen molar-refractivity contribution in [3.05, 3.63) is 0 Å². The van der Waals surface area contributed by atoms with Crippen molar-refractivity contribution in [2.45, 2.75) is 57.4 Å². The zero-order valence-corrected chi connectivity index (χ0v) is 15.8. The van der Waals surface area contributed by atoms with E-state index >= 15 is 0 Å². The van der Waals surface area contributed by atoms with Crippen LogP contribution in [0.3, 0.4) is 0 Å². The average molecular weight is 394 g/mol. The predicted octanol–water partition coefficient (Wildman–Crippen LogP) is 0.220. The summed E-state index contributed by atoms with van der Waals surface area (Å²) in [7, 11) is 0. The van der Waals surface area contributed by atoms with Crippen molar-refractivity contribution < 1.29 is 23.9 Å². The quantitative estimate of drug-likeness (QED) is 0.219. The molecule has 3 amide bonds. The molecule has 0 aromatic rings. The Labute approximate surface area is 162 Å². The number of unbranched alkanes of at least 4 members (excludes halogenated alkanes) is 1. The summed E-state index contributed by atoms with van der Waals surface area (Å²) in [6.45, 7) is 2.59. The molecule has 0 aromatic carbocycles. The fourth-order valence-electron chi connectivity index (χ4n) is 3.16. The molecule has 0 aromatic heterocycles. The first-order valence-corrected chi connectivity index (χ1v) is 9.57. The van der Waals surface area contributed by atoms with Gasteiger partial charge in [-0.2, -0.15) is 0 Å². The largest absolute Gasteiger partial charge is 0.414 e. The highest BCUT2D eigenvalue weighted by Crippen LogP contribution is 2.39. The molecule has 0 radical (unpaired) electrons. The molecular formula is C17H26N6O5. The summed E-state index contributed by atoms with van der Waals surface area (Å²) in [5.41, 5.74) is 0. The molecule has 2 heterocycles. The van der Waals surface area contributed by atoms with Crippen molar-refractivity contribution in [1.82, 2.24) is 21.3 Å². The highest BCUT2D eigenvalue weighted by molar-refractivity contribution is 6.01. The van der Waals surface area contributed by atoms with E-state index < -0.39 is 12.1 Å². The van der Waals surface area contributed by atoms with Gasteiger partial charge in [-0.05, 0) is 39.0 Å². The smallest absolute Gasteiger partial charge is 0.376 e. The van der Waals surface area contributed by atoms with Crippen LogP contribution in [0.4, 0.5) is 9.59 Å². The van der Waals surface area contributed by atoms with Crippen molar-refractivity contribution >= 4 is 30.4 Å². The van der Waals surface area contributed by atoms with Crippen LogP contribution >= 0.6 is 0 Å². The molecule has 154 valence electrons. The molecule has 4 atom stereocenters. The molecule has 3 rings (SSSR count). The molecule has 1 saturated heterocycles. The fourth-order valence-corrected chi connectivity index (χ4v) is 3.16. The summed E-state index contributed by atoms with van der Waals surface area (Å²) in [5, 5.41) is 10.6. The standard InChI is InChI=1S/C17H26N6O5/c1-10-20-9-21-15(22-10)23-16(25)18-6-2-3-7-19-17(26)28-14(24)11-4-5-12-13(8-11)27-12/h9-13H,2-8H2,1H3,(H,19,26)(H3,18,20,21,22,23,25). The predicted molar refractivity (Wildman–Crippen MR) is 99.8 cm³/mol. The fraction of sp³-hybridized carbons (Fsp3) is 0.706. The number of carbonyl (C=O) groups is 3. The van der Waals surface area contributed by atoms with Gasteiger partial charge in [0.25, 0.3) is 0 Å². The van der Waals surface area contributed by atoms with Crippen LogP contribution in [0.25, 0.3) is 0 Å². The number of hydrogen-bond acceptors (Lipinski definition) is 8. The number of ether oxygens (including phenoxy) is 2. The lowest BCUT2D eigenvalue weighted by Crippen LogP contribution is -2.47. The van der Waals surface area contributed by atoms with Gasteiger partial charge in [0, 0.05) is 13.1 Å². The van der Waals surface area contributed by atoms with Crippen LogP contribution in [0.5, 0.6) is 0 Å². The first kappa shape index (κ1) is 20.1. The van der Waals surface area contributed by atoms with Gasteiger partial charge in [-0.3, -0.25) is 10.1 Å². The summed E-state index contributed by atoms with van der Waals surface area (Å²) < 4.78 is 10.2. The first-order chi connectivity index (χ1) is 13.5. The van der Waals surface area contributed by atoms with Crippen LogP contribution in [0.2, 0.25) is 0 Å². The van der Waals surface area contributed by atoms with Crippen molar-refractivity contribution in [3.8, 4) is 0 Å². The molecule has 0 bridgehead atoms. The van der Waals surface area contributed by atoms with E-state index in [2.05, 4.69) is 31.3 Å². The van der Waals surface area contributed by atoms with Gasteiger partial charge in [-0.1, -0.05) is 0 Å². The zero-order chi connectivity index (χ0) is 19.9. The van der Waals surface area contributed by atoms with Gasteiger partial charge in [0.1, 0.15) is 6.17 Å². The van der Waals surface area contributed by atoms with E-state index in [1.54, 1.807) is 6.92 Å². The summed E-state index contributed by atoms with van der Waals surface area (Å²) in [6.07, 6.45) is 4.46. The Bertz CT molecular complexity index is 666. The number of urea groups is 1. The van der Waals surface area contributed by atoms with E-state index in [9.17, 15) is 14.4 Å². The molecule has 11 nitrogen and oxygen atoms in total. The number of esters is 1. The number of epoxide rings is 1. The maximum atomic E-state index is 12.0. The first-order valence-electron chi connectivity index (χ1n) is 9.57. The Balaban J connectivity index is 1.19. The molecule has 1 aliphatic carbocycles. The van der Waals surface area contributed by atoms with Crippen LogP contribution in [0, 0.1) is 5.92 Å². The van der Waals surface area contributed by atoms with E-state index in [-0.39, 0.29) is 24.2 Å². The maximum absolute atomic E-state index is 12.0. The number of fused-ring (bicyclic) bond motifs is 1. The minimum absolute atomic E-state index is 0.163. The monoisotopic (exact) mass is 394 g/mol. The molecular weight excluding hydrogens is 368 g/mol. The Hall–Kier alpha value is -2.69. The molecule has 0 spiro atoms. The van der Waals surface area contributed by atoms with Crippen molar-refractivity contribution in [3.63, 3.8) is 0 Å². The molecule has 1 saturated carbocycles. The van der Waals surface area contributed by atoms with Crippen LogP contribution in [0.15, 0.2) is 9.98 Å². The van der Waals surface area contributed by atoms with E-state index in [0.29, 0.717) is 50.8 Å². The van der Waals surface area contributed by atoms with Crippen molar-refractivity contribution in [2.24, 2.45) is 15.9 Å². The molecule has 4 N–H and O–H groups in total. The second-order valence-electron chi connectivity index (χ2n) is 6.98. The van der Waals surface area contributed by atoms with Gasteiger partial charge < -0.3 is 25.4 Å². The van der Waals surface area contributed by atoms with Crippen LogP contribution in [-0.2, 0) is 14.3 Å². The Morgan fingerprint density at radius 1 is 1.21 bits per heavy atom. The van der Waals surface area contributed by atoms with Crippen LogP contribution in [0.1, 0.15) is 39.0 Å². The molecule has 2 fully saturated rings. The highest BCUT2D eigenvalue weighted by Gasteiger charge is 2.46. The zero-order valence-electron chi connectivity index (χ0n) is 15.8. The van der Waals surface area contributed by atoms with Crippen LogP contribution in [-0.4, -0.2) is 61.9 Å². The Morgan fingerprint density at radius 2 is 2.00 bits per heavy atom. The van der Waals surface area contributed by atoms with E-state index in [4.69, 9.17) is 9.47 Å². The summed E-state index contributed by atoms with van der Waals surface area (Å²) in [4.78, 5) is 43.4. The topological polar surface area (TPSA) is 146 Å². The lowest BCUT2D eigenvalue weighted by atomic mass is 9.89. The van der Waals surface area contributed by atoms with Gasteiger partial charge >= 0.3 is 18.1 Å². The highest BCUT2D eigenvalue weighted by atomic mass is 16.6. The number of rotatable bonds is 6. The third-order valence-electron chi connectivity index (χ3n) is 4.73. The number of hydrogen-bond donors (Lipinski definition) is 4. The minimum atomic E-state index is -0.730. The molecule has 2 aliphatic heterocycles. The summed E-state index contributed by atoms with van der Waals surface area (Å²) in [6, 6.07) is -0.374. The van der Waals surface area contributed by atoms with E-state index in [0.717, 1.165) is 6.42 Å². The maximum Gasteiger partial charge on any atom is 0.414 e. The minimum Gasteiger partial charge on any atom is -0.376 e. The van der Waals surface area contributed by atoms with Crippen molar-refractivity contribution in [1.29, 1.82) is 0 Å². The van der Waals surface area contributed by atoms with Gasteiger partial charge in [0.15, 0.2) is 0 Å². The summed E-state index contributed by atoms with van der Waals surface area (Å²) in [5.74, 6) is -0.395. The summed E-state index contributed by atoms with van der Waals surface area (Å²) >= 11 is 0. The second-order valence-corrected chi connectivity index (χ2v) is 6.98. The molecule has 3 aliphatic rings. The Morgan fingerprint density at radius 3 is 2.75 bits per heavy atom. The third kappa shape index (κ3) is 6.19. The van der Waals surface area contributed by atoms with E-state index in [1.807, 2.05) is 0 Å². The van der Waals surface area contributed by atoms with Crippen molar-refractivity contribution in [2.75, 3.05) is 13.1 Å². The lowest BCUT2D eigenvalue weighted by molar-refractivity contribution is -0.142. The average Bonchev–Trinajstić information content (AvgIpc) is 3.43.